The molecule has 0 spiro atoms. The third kappa shape index (κ3) is 7.20. The van der Waals surface area contributed by atoms with Crippen molar-refractivity contribution in [2.75, 3.05) is 38.6 Å². The molecule has 0 aliphatic carbocycles. The van der Waals surface area contributed by atoms with Crippen LogP contribution in [0.2, 0.25) is 0 Å². The van der Waals surface area contributed by atoms with Crippen LogP contribution in [0.25, 0.3) is 0 Å². The average Bonchev–Trinajstić information content (AvgIpc) is 3.48. The first-order chi connectivity index (χ1) is 18.3. The summed E-state index contributed by atoms with van der Waals surface area (Å²) in [4.78, 5) is 27.3. The number of carbonyl (C=O) groups excluding carboxylic acids is 2. The first-order valence-electron chi connectivity index (χ1n) is 12.7. The molecular formula is C29H33N3O5S. The van der Waals surface area contributed by atoms with Gasteiger partial charge in [0, 0.05) is 25.3 Å². The lowest BCUT2D eigenvalue weighted by atomic mass is 10.1. The van der Waals surface area contributed by atoms with E-state index in [1.165, 1.54) is 23.5 Å². The molecule has 0 unspecified atom stereocenters. The summed E-state index contributed by atoms with van der Waals surface area (Å²) < 4.78 is 33.3. The zero-order valence-corrected chi connectivity index (χ0v) is 22.3. The lowest BCUT2D eigenvalue weighted by molar-refractivity contribution is -0.129. The molecule has 0 atom stereocenters. The van der Waals surface area contributed by atoms with Gasteiger partial charge in [-0.05, 0) is 66.8 Å². The van der Waals surface area contributed by atoms with Crippen molar-refractivity contribution in [3.05, 3.63) is 90.0 Å². The molecule has 1 heterocycles. The van der Waals surface area contributed by atoms with Gasteiger partial charge in [0.25, 0.3) is 0 Å². The zero-order chi connectivity index (χ0) is 27.0. The lowest BCUT2D eigenvalue weighted by Crippen LogP contribution is -2.39. The number of likely N-dealkylation sites (tertiary alicyclic amines) is 1. The van der Waals surface area contributed by atoms with Gasteiger partial charge >= 0.3 is 0 Å². The van der Waals surface area contributed by atoms with Gasteiger partial charge in [0.15, 0.2) is 0 Å². The maximum absolute atomic E-state index is 13.5. The van der Waals surface area contributed by atoms with E-state index < -0.39 is 15.9 Å². The Bertz CT molecular complexity index is 1320. The molecule has 1 fully saturated rings. The second-order valence-corrected chi connectivity index (χ2v) is 11.2. The summed E-state index contributed by atoms with van der Waals surface area (Å²) >= 11 is 0. The number of sulfonamides is 1. The molecular weight excluding hydrogens is 502 g/mol. The highest BCUT2D eigenvalue weighted by atomic mass is 32.2. The number of amides is 2. The van der Waals surface area contributed by atoms with E-state index in [9.17, 15) is 18.0 Å². The Morgan fingerprint density at radius 1 is 0.895 bits per heavy atom. The van der Waals surface area contributed by atoms with Crippen molar-refractivity contribution >= 4 is 27.5 Å². The van der Waals surface area contributed by atoms with E-state index in [2.05, 4.69) is 5.32 Å². The first kappa shape index (κ1) is 27.3. The fraction of sp³-hybridized carbons (Fsp3) is 0.310. The molecule has 38 heavy (non-hydrogen) atoms. The van der Waals surface area contributed by atoms with E-state index in [1.807, 2.05) is 47.4 Å². The first-order valence-corrected chi connectivity index (χ1v) is 14.1. The minimum Gasteiger partial charge on any atom is -0.497 e. The maximum Gasteiger partial charge on any atom is 0.243 e. The number of nitrogens with one attached hydrogen (secondary N) is 1. The minimum atomic E-state index is -3.94. The number of nitrogens with zero attached hydrogens (tertiary/aromatic N) is 2. The number of carbonyl (C=O) groups is 2. The molecule has 1 saturated heterocycles. The Hall–Kier alpha value is -3.69. The topological polar surface area (TPSA) is 96.0 Å². The molecule has 4 rings (SSSR count). The monoisotopic (exact) mass is 535 g/mol. The number of methoxy groups -OCH3 is 1. The van der Waals surface area contributed by atoms with Crippen molar-refractivity contribution in [1.82, 2.24) is 9.21 Å². The Labute approximate surface area is 224 Å². The van der Waals surface area contributed by atoms with Crippen LogP contribution in [0.15, 0.2) is 83.8 Å². The van der Waals surface area contributed by atoms with E-state index in [0.717, 1.165) is 37.1 Å². The number of anilines is 1. The summed E-state index contributed by atoms with van der Waals surface area (Å²) in [6, 6.07) is 22.7. The van der Waals surface area contributed by atoms with Gasteiger partial charge in [-0.1, -0.05) is 42.5 Å². The highest BCUT2D eigenvalue weighted by molar-refractivity contribution is 7.89. The third-order valence-corrected chi connectivity index (χ3v) is 8.42. The molecule has 0 saturated carbocycles. The molecule has 3 aromatic rings. The van der Waals surface area contributed by atoms with Crippen molar-refractivity contribution in [3.8, 4) is 5.75 Å². The summed E-state index contributed by atoms with van der Waals surface area (Å²) in [6.07, 6.45) is 2.88. The van der Waals surface area contributed by atoms with Crippen molar-refractivity contribution in [1.29, 1.82) is 0 Å². The molecule has 0 aromatic heterocycles. The Balaban J connectivity index is 1.43. The van der Waals surface area contributed by atoms with E-state index in [1.54, 1.807) is 24.3 Å². The highest BCUT2D eigenvalue weighted by Crippen LogP contribution is 2.21. The molecule has 1 N–H and O–H groups in total. The average molecular weight is 536 g/mol. The predicted molar refractivity (Wildman–Crippen MR) is 146 cm³/mol. The number of benzene rings is 3. The van der Waals surface area contributed by atoms with Crippen LogP contribution in [0.5, 0.6) is 5.75 Å². The molecule has 1 aliphatic heterocycles. The van der Waals surface area contributed by atoms with Gasteiger partial charge in [0.05, 0.1) is 25.0 Å². The normalized spacial score (nSPS) is 13.5. The number of rotatable bonds is 11. The van der Waals surface area contributed by atoms with E-state index in [4.69, 9.17) is 4.74 Å². The van der Waals surface area contributed by atoms with E-state index >= 15 is 0 Å². The van der Waals surface area contributed by atoms with E-state index in [-0.39, 0.29) is 23.9 Å². The Morgan fingerprint density at radius 3 is 2.18 bits per heavy atom. The van der Waals surface area contributed by atoms with Crippen molar-refractivity contribution in [3.63, 3.8) is 0 Å². The zero-order valence-electron chi connectivity index (χ0n) is 21.5. The molecule has 200 valence electrons. The second-order valence-electron chi connectivity index (χ2n) is 9.26. The summed E-state index contributed by atoms with van der Waals surface area (Å²) in [5, 5.41) is 2.79. The van der Waals surface area contributed by atoms with Crippen LogP contribution in [0.4, 0.5) is 5.69 Å². The second kappa shape index (κ2) is 12.7. The van der Waals surface area contributed by atoms with Crippen molar-refractivity contribution in [2.45, 2.75) is 30.6 Å². The largest absolute Gasteiger partial charge is 0.497 e. The Morgan fingerprint density at radius 2 is 1.55 bits per heavy atom. The molecule has 1 aliphatic rings. The number of ether oxygens (including phenoxy) is 1. The fourth-order valence-electron chi connectivity index (χ4n) is 4.40. The van der Waals surface area contributed by atoms with Crippen LogP contribution in [0.3, 0.4) is 0 Å². The summed E-state index contributed by atoms with van der Waals surface area (Å²) in [6.45, 7) is 1.43. The molecule has 9 heteroatoms. The van der Waals surface area contributed by atoms with E-state index in [0.29, 0.717) is 24.3 Å². The molecule has 0 radical (unpaired) electrons. The van der Waals surface area contributed by atoms with Gasteiger partial charge in [0.1, 0.15) is 5.75 Å². The van der Waals surface area contributed by atoms with Gasteiger partial charge in [-0.25, -0.2) is 8.42 Å². The predicted octanol–water partition coefficient (Wildman–Crippen LogP) is 3.73. The molecule has 2 amide bonds. The minimum absolute atomic E-state index is 0.0891. The highest BCUT2D eigenvalue weighted by Gasteiger charge is 2.27. The van der Waals surface area contributed by atoms with Crippen LogP contribution >= 0.6 is 0 Å². The smallest absolute Gasteiger partial charge is 0.243 e. The fourth-order valence-corrected chi connectivity index (χ4v) is 5.80. The third-order valence-electron chi connectivity index (χ3n) is 6.56. The quantitative estimate of drug-likeness (QED) is 0.404. The maximum atomic E-state index is 13.5. The van der Waals surface area contributed by atoms with Crippen molar-refractivity contribution in [2.24, 2.45) is 0 Å². The molecule has 0 bridgehead atoms. The number of hydrogen-bond acceptors (Lipinski definition) is 5. The van der Waals surface area contributed by atoms with Crippen LogP contribution in [-0.4, -0.2) is 62.7 Å². The summed E-state index contributed by atoms with van der Waals surface area (Å²) in [5.41, 5.74) is 2.38. The molecule has 8 nitrogen and oxygen atoms in total. The standard InChI is InChI=1S/C29H33N3O5S/c1-37-26-13-15-27(16-14-26)38(35,36)32(20-17-23-7-3-2-4-8-23)22-28(33)30-25-11-9-24(10-12-25)21-29(34)31-18-5-6-19-31/h2-4,7-16H,5-6,17-22H2,1H3,(H,30,33). The summed E-state index contributed by atoms with van der Waals surface area (Å²) in [5.74, 6) is 0.205. The van der Waals surface area contributed by atoms with Gasteiger partial charge < -0.3 is 15.0 Å². The van der Waals surface area contributed by atoms with Gasteiger partial charge in [-0.3, -0.25) is 9.59 Å². The SMILES string of the molecule is COc1ccc(S(=O)(=O)N(CCc2ccccc2)CC(=O)Nc2ccc(CC(=O)N3CCCC3)cc2)cc1. The van der Waals surface area contributed by atoms with Gasteiger partial charge in [0.2, 0.25) is 21.8 Å². The summed E-state index contributed by atoms with van der Waals surface area (Å²) in [7, 11) is -2.43. The van der Waals surface area contributed by atoms with Crippen LogP contribution < -0.4 is 10.1 Å². The van der Waals surface area contributed by atoms with Crippen LogP contribution in [0.1, 0.15) is 24.0 Å². The van der Waals surface area contributed by atoms with Crippen molar-refractivity contribution < 1.29 is 22.7 Å². The van der Waals surface area contributed by atoms with Crippen LogP contribution in [0, 0.1) is 0 Å². The Kier molecular flexibility index (Phi) is 9.15. The molecule has 3 aromatic carbocycles. The van der Waals surface area contributed by atoms with Gasteiger partial charge in [-0.15, -0.1) is 0 Å². The van der Waals surface area contributed by atoms with Gasteiger partial charge in [-0.2, -0.15) is 4.31 Å². The van der Waals surface area contributed by atoms with Crippen LogP contribution in [-0.2, 0) is 32.5 Å². The lowest BCUT2D eigenvalue weighted by Gasteiger charge is -2.22. The number of hydrogen-bond donors (Lipinski definition) is 1.